The molecule has 8 nitrogen and oxygen atoms in total. The van der Waals surface area contributed by atoms with Crippen LogP contribution in [0.2, 0.25) is 4.34 Å². The van der Waals surface area contributed by atoms with Gasteiger partial charge in [-0.15, -0.1) is 11.3 Å². The molecule has 0 saturated heterocycles. The van der Waals surface area contributed by atoms with Gasteiger partial charge in [-0.05, 0) is 47.5 Å². The number of rotatable bonds is 9. The topological polar surface area (TPSA) is 114 Å². The van der Waals surface area contributed by atoms with Crippen LogP contribution in [-0.2, 0) is 13.1 Å². The number of nitrogens with one attached hydrogen (secondary N) is 1. The molecule has 3 aromatic carbocycles. The fourth-order valence-corrected chi connectivity index (χ4v) is 5.04. The van der Waals surface area contributed by atoms with E-state index in [1.807, 2.05) is 30.3 Å². The Bertz CT molecular complexity index is 1590. The van der Waals surface area contributed by atoms with Gasteiger partial charge in [-0.25, -0.2) is 0 Å². The average molecular weight is 559 g/mol. The van der Waals surface area contributed by atoms with Crippen LogP contribution < -0.4 is 15.8 Å². The number of nitrogens with zero attached hydrogens (tertiary/aromatic N) is 2. The first-order valence-electron chi connectivity index (χ1n) is 12.0. The van der Waals surface area contributed by atoms with Crippen LogP contribution in [0.3, 0.4) is 0 Å². The summed E-state index contributed by atoms with van der Waals surface area (Å²) < 4.78 is 6.26. The number of aliphatic imine (C=N–C) groups is 1. The van der Waals surface area contributed by atoms with Gasteiger partial charge in [0.2, 0.25) is 0 Å². The van der Waals surface area contributed by atoms with Gasteiger partial charge in [0.25, 0.3) is 17.7 Å². The summed E-state index contributed by atoms with van der Waals surface area (Å²) in [5.41, 5.74) is 8.40. The van der Waals surface area contributed by atoms with Gasteiger partial charge in [-0.1, -0.05) is 60.1 Å². The zero-order valence-electron chi connectivity index (χ0n) is 20.6. The Morgan fingerprint density at radius 2 is 1.72 bits per heavy atom. The molecule has 2 heterocycles. The summed E-state index contributed by atoms with van der Waals surface area (Å²) in [6.45, 7) is 0.593. The summed E-state index contributed by atoms with van der Waals surface area (Å²) in [4.78, 5) is 45.0. The number of anilines is 1. The SMILES string of the molecule is NC(COc1cccc(CN2C(=O)c3cccc(NC(=O)c4ccc(Cl)s4)c3C2=O)c1)=NCc1ccccc1. The van der Waals surface area contributed by atoms with Crippen molar-refractivity contribution in [1.82, 2.24) is 4.90 Å². The van der Waals surface area contributed by atoms with Crippen molar-refractivity contribution < 1.29 is 19.1 Å². The first kappa shape index (κ1) is 26.1. The summed E-state index contributed by atoms with van der Waals surface area (Å²) in [6.07, 6.45) is 0. The number of carbonyl (C=O) groups is 3. The molecule has 5 rings (SSSR count). The second kappa shape index (κ2) is 11.5. The molecule has 1 aliphatic heterocycles. The number of benzene rings is 3. The first-order valence-corrected chi connectivity index (χ1v) is 13.2. The zero-order valence-corrected chi connectivity index (χ0v) is 22.2. The minimum Gasteiger partial charge on any atom is -0.486 e. The van der Waals surface area contributed by atoms with Crippen LogP contribution >= 0.6 is 22.9 Å². The molecular formula is C29H23ClN4O4S. The summed E-state index contributed by atoms with van der Waals surface area (Å²) in [5, 5.41) is 2.73. The Hall–Kier alpha value is -4.47. The van der Waals surface area contributed by atoms with Gasteiger partial charge in [-0.3, -0.25) is 24.3 Å². The molecule has 3 amide bonds. The van der Waals surface area contributed by atoms with E-state index in [2.05, 4.69) is 10.3 Å². The van der Waals surface area contributed by atoms with Crippen molar-refractivity contribution in [3.8, 4) is 5.75 Å². The molecule has 1 aliphatic rings. The largest absolute Gasteiger partial charge is 0.486 e. The fourth-order valence-electron chi connectivity index (χ4n) is 4.10. The third-order valence-electron chi connectivity index (χ3n) is 5.98. The van der Waals surface area contributed by atoms with Crippen LogP contribution in [0.5, 0.6) is 5.75 Å². The Balaban J connectivity index is 1.25. The third-order valence-corrected chi connectivity index (χ3v) is 7.21. The lowest BCUT2D eigenvalue weighted by molar-refractivity contribution is 0.0642. The molecule has 0 atom stereocenters. The molecule has 196 valence electrons. The van der Waals surface area contributed by atoms with Crippen molar-refractivity contribution in [3.63, 3.8) is 0 Å². The normalized spacial score (nSPS) is 12.9. The van der Waals surface area contributed by atoms with Gasteiger partial charge < -0.3 is 15.8 Å². The fraction of sp³-hybridized carbons (Fsp3) is 0.103. The Morgan fingerprint density at radius 1 is 0.949 bits per heavy atom. The molecule has 0 aliphatic carbocycles. The molecule has 0 fully saturated rings. The maximum Gasteiger partial charge on any atom is 0.265 e. The predicted molar refractivity (Wildman–Crippen MR) is 152 cm³/mol. The number of thiophene rings is 1. The molecule has 4 aromatic rings. The van der Waals surface area contributed by atoms with Crippen molar-refractivity contribution in [2.75, 3.05) is 11.9 Å². The van der Waals surface area contributed by atoms with E-state index >= 15 is 0 Å². The highest BCUT2D eigenvalue weighted by atomic mass is 35.5. The molecule has 1 aromatic heterocycles. The van der Waals surface area contributed by atoms with Gasteiger partial charge >= 0.3 is 0 Å². The Labute approximate surface area is 233 Å². The van der Waals surface area contributed by atoms with E-state index in [0.717, 1.165) is 21.8 Å². The number of nitrogens with two attached hydrogens (primary N) is 1. The molecule has 39 heavy (non-hydrogen) atoms. The van der Waals surface area contributed by atoms with E-state index in [1.54, 1.807) is 54.6 Å². The lowest BCUT2D eigenvalue weighted by Gasteiger charge is -2.15. The van der Waals surface area contributed by atoms with Crippen molar-refractivity contribution in [2.24, 2.45) is 10.7 Å². The first-order chi connectivity index (χ1) is 18.9. The number of carbonyl (C=O) groups excluding carboxylic acids is 3. The van der Waals surface area contributed by atoms with Crippen molar-refractivity contribution in [2.45, 2.75) is 13.1 Å². The maximum atomic E-state index is 13.3. The van der Waals surface area contributed by atoms with E-state index in [0.29, 0.717) is 32.9 Å². The number of fused-ring (bicyclic) bond motifs is 1. The zero-order chi connectivity index (χ0) is 27.4. The lowest BCUT2D eigenvalue weighted by atomic mass is 10.1. The number of halogens is 1. The molecule has 10 heteroatoms. The van der Waals surface area contributed by atoms with Crippen molar-refractivity contribution >= 4 is 52.2 Å². The number of hydrogen-bond acceptors (Lipinski definition) is 6. The van der Waals surface area contributed by atoms with Gasteiger partial charge in [0.1, 0.15) is 18.2 Å². The number of amides is 3. The number of hydrogen-bond donors (Lipinski definition) is 2. The highest BCUT2D eigenvalue weighted by molar-refractivity contribution is 7.18. The highest BCUT2D eigenvalue weighted by Crippen LogP contribution is 2.32. The van der Waals surface area contributed by atoms with Gasteiger partial charge in [0, 0.05) is 0 Å². The minimum absolute atomic E-state index is 0.0368. The van der Waals surface area contributed by atoms with Crippen LogP contribution in [0, 0.1) is 0 Å². The van der Waals surface area contributed by atoms with Crippen molar-refractivity contribution in [3.05, 3.63) is 116 Å². The molecular weight excluding hydrogens is 536 g/mol. The third kappa shape index (κ3) is 6.00. The Kier molecular flexibility index (Phi) is 7.72. The van der Waals surface area contributed by atoms with Gasteiger partial charge in [0.15, 0.2) is 0 Å². The second-order valence-electron chi connectivity index (χ2n) is 8.71. The predicted octanol–water partition coefficient (Wildman–Crippen LogP) is 5.39. The monoisotopic (exact) mass is 558 g/mol. The molecule has 3 N–H and O–H groups in total. The van der Waals surface area contributed by atoms with Gasteiger partial charge in [0.05, 0.1) is 39.1 Å². The molecule has 0 radical (unpaired) electrons. The quantitative estimate of drug-likeness (QED) is 0.162. The smallest absolute Gasteiger partial charge is 0.265 e. The van der Waals surface area contributed by atoms with E-state index < -0.39 is 17.7 Å². The molecule has 0 spiro atoms. The average Bonchev–Trinajstić information content (AvgIpc) is 3.49. The standard InChI is InChI=1S/C29H23ClN4O4S/c30-24-13-12-23(39-24)27(35)33-22-11-5-10-21-26(22)29(37)34(28(21)36)16-19-8-4-9-20(14-19)38-17-25(31)32-15-18-6-2-1-3-7-18/h1-14H,15-17H2,(H2,31,32)(H,33,35). The van der Waals surface area contributed by atoms with E-state index in [-0.39, 0.29) is 30.0 Å². The van der Waals surface area contributed by atoms with Crippen LogP contribution in [0.15, 0.2) is 89.9 Å². The Morgan fingerprint density at radius 3 is 2.49 bits per heavy atom. The van der Waals surface area contributed by atoms with E-state index in [4.69, 9.17) is 22.1 Å². The van der Waals surface area contributed by atoms with Crippen molar-refractivity contribution in [1.29, 1.82) is 0 Å². The number of amidine groups is 1. The summed E-state index contributed by atoms with van der Waals surface area (Å²) in [6, 6.07) is 24.9. The van der Waals surface area contributed by atoms with Crippen LogP contribution in [0.4, 0.5) is 5.69 Å². The van der Waals surface area contributed by atoms with Gasteiger partial charge in [-0.2, -0.15) is 0 Å². The summed E-state index contributed by atoms with van der Waals surface area (Å²) in [5.74, 6) is -0.448. The molecule has 0 unspecified atom stereocenters. The molecule has 0 bridgehead atoms. The number of imide groups is 1. The van der Waals surface area contributed by atoms with E-state index in [9.17, 15) is 14.4 Å². The number of ether oxygens (including phenoxy) is 1. The highest BCUT2D eigenvalue weighted by Gasteiger charge is 2.37. The minimum atomic E-state index is -0.487. The van der Waals surface area contributed by atoms with Crippen LogP contribution in [0.25, 0.3) is 0 Å². The lowest BCUT2D eigenvalue weighted by Crippen LogP contribution is -2.29. The second-order valence-corrected chi connectivity index (χ2v) is 10.4. The summed E-state index contributed by atoms with van der Waals surface area (Å²) in [7, 11) is 0. The summed E-state index contributed by atoms with van der Waals surface area (Å²) >= 11 is 7.06. The van der Waals surface area contributed by atoms with Crippen LogP contribution in [0.1, 0.15) is 41.5 Å². The van der Waals surface area contributed by atoms with E-state index in [1.165, 1.54) is 0 Å². The maximum absolute atomic E-state index is 13.3. The molecule has 0 saturated carbocycles. The van der Waals surface area contributed by atoms with Crippen LogP contribution in [-0.4, -0.2) is 35.1 Å².